The Morgan fingerprint density at radius 2 is 1.68 bits per heavy atom. The number of nitro benzene ring substituents is 1. The van der Waals surface area contributed by atoms with Crippen LogP contribution in [0.4, 0.5) is 11.6 Å². The monoisotopic (exact) mass is 411 g/mol. The number of non-ortho nitro benzene ring substituents is 1. The van der Waals surface area contributed by atoms with Crippen LogP contribution in [-0.2, 0) is 19.5 Å². The van der Waals surface area contributed by atoms with Crippen molar-refractivity contribution in [1.82, 2.24) is 9.55 Å². The van der Waals surface area contributed by atoms with Crippen LogP contribution in [0.5, 0.6) is 0 Å². The lowest BCUT2D eigenvalue weighted by Crippen LogP contribution is -2.30. The highest BCUT2D eigenvalue weighted by Crippen LogP contribution is 2.29. The SMILES string of the molecule is CCc1ccc(C2=NN(Cc3ccc([N+](=O)[O-])cc3)c3nc4ccccc4n3C2)cc1. The highest BCUT2D eigenvalue weighted by atomic mass is 16.6. The topological polar surface area (TPSA) is 76.6 Å². The summed E-state index contributed by atoms with van der Waals surface area (Å²) < 4.78 is 2.18. The van der Waals surface area contributed by atoms with Crippen molar-refractivity contribution in [3.8, 4) is 0 Å². The number of para-hydroxylation sites is 2. The third-order valence-corrected chi connectivity index (χ3v) is 5.59. The Balaban J connectivity index is 1.56. The summed E-state index contributed by atoms with van der Waals surface area (Å²) in [6.07, 6.45) is 0.995. The summed E-state index contributed by atoms with van der Waals surface area (Å²) in [6.45, 7) is 3.25. The van der Waals surface area contributed by atoms with Crippen LogP contribution >= 0.6 is 0 Å². The van der Waals surface area contributed by atoms with Crippen LogP contribution in [0.2, 0.25) is 0 Å². The van der Waals surface area contributed by atoms with Crippen molar-refractivity contribution in [1.29, 1.82) is 0 Å². The minimum absolute atomic E-state index is 0.0786. The van der Waals surface area contributed by atoms with Crippen molar-refractivity contribution >= 4 is 28.4 Å². The molecule has 0 spiro atoms. The van der Waals surface area contributed by atoms with E-state index in [0.29, 0.717) is 13.1 Å². The molecule has 1 aromatic heterocycles. The van der Waals surface area contributed by atoms with Crippen LogP contribution in [0.3, 0.4) is 0 Å². The molecular weight excluding hydrogens is 390 g/mol. The zero-order valence-electron chi connectivity index (χ0n) is 17.1. The van der Waals surface area contributed by atoms with Crippen molar-refractivity contribution in [2.24, 2.45) is 5.10 Å². The number of aromatic nitrogens is 2. The molecule has 31 heavy (non-hydrogen) atoms. The van der Waals surface area contributed by atoms with E-state index in [9.17, 15) is 10.1 Å². The number of benzene rings is 3. The van der Waals surface area contributed by atoms with Crippen LogP contribution in [0.15, 0.2) is 77.9 Å². The minimum Gasteiger partial charge on any atom is -0.303 e. The Hall–Kier alpha value is -4.00. The largest absolute Gasteiger partial charge is 0.303 e. The van der Waals surface area contributed by atoms with Gasteiger partial charge in [-0.3, -0.25) is 10.1 Å². The lowest BCUT2D eigenvalue weighted by atomic mass is 10.1. The van der Waals surface area contributed by atoms with E-state index in [4.69, 9.17) is 10.1 Å². The lowest BCUT2D eigenvalue weighted by molar-refractivity contribution is -0.384. The number of hydrogen-bond acceptors (Lipinski definition) is 5. The lowest BCUT2D eigenvalue weighted by Gasteiger charge is -2.26. The van der Waals surface area contributed by atoms with Crippen molar-refractivity contribution in [2.75, 3.05) is 5.01 Å². The summed E-state index contributed by atoms with van der Waals surface area (Å²) in [6, 6.07) is 23.2. The van der Waals surface area contributed by atoms with Gasteiger partial charge in [0.25, 0.3) is 5.69 Å². The molecule has 0 N–H and O–H groups in total. The number of fused-ring (bicyclic) bond motifs is 3. The molecule has 0 bridgehead atoms. The van der Waals surface area contributed by atoms with Crippen LogP contribution in [-0.4, -0.2) is 20.2 Å². The van der Waals surface area contributed by atoms with Gasteiger partial charge in [0.1, 0.15) is 0 Å². The molecule has 1 aliphatic heterocycles. The number of hydrazone groups is 1. The zero-order chi connectivity index (χ0) is 21.4. The van der Waals surface area contributed by atoms with Gasteiger partial charge in [0.15, 0.2) is 0 Å². The van der Waals surface area contributed by atoms with Crippen LogP contribution in [0, 0.1) is 10.1 Å². The summed E-state index contributed by atoms with van der Waals surface area (Å²) in [5.74, 6) is 0.772. The highest BCUT2D eigenvalue weighted by molar-refractivity contribution is 6.02. The van der Waals surface area contributed by atoms with E-state index >= 15 is 0 Å². The zero-order valence-corrected chi connectivity index (χ0v) is 17.1. The van der Waals surface area contributed by atoms with E-state index in [2.05, 4.69) is 41.8 Å². The standard InChI is InChI=1S/C24H21N5O2/c1-2-17-7-11-19(12-8-17)22-16-27-23-6-4-3-5-21(23)25-24(27)28(26-22)15-18-9-13-20(14-10-18)29(30)31/h3-14H,2,15-16H2,1H3. The maximum absolute atomic E-state index is 11.0. The smallest absolute Gasteiger partial charge is 0.269 e. The predicted octanol–water partition coefficient (Wildman–Crippen LogP) is 4.93. The average Bonchev–Trinajstić information content (AvgIpc) is 3.18. The van der Waals surface area contributed by atoms with Crippen LogP contribution in [0.25, 0.3) is 11.0 Å². The fourth-order valence-electron chi connectivity index (χ4n) is 3.87. The summed E-state index contributed by atoms with van der Waals surface area (Å²) in [5.41, 5.74) is 6.31. The van der Waals surface area contributed by atoms with Gasteiger partial charge in [0, 0.05) is 12.1 Å². The van der Waals surface area contributed by atoms with Gasteiger partial charge in [-0.1, -0.05) is 55.5 Å². The first kappa shape index (κ1) is 19.0. The van der Waals surface area contributed by atoms with E-state index in [0.717, 1.165) is 40.2 Å². The van der Waals surface area contributed by atoms with E-state index < -0.39 is 0 Å². The molecule has 0 amide bonds. The Morgan fingerprint density at radius 1 is 0.968 bits per heavy atom. The third-order valence-electron chi connectivity index (χ3n) is 5.59. The number of aryl methyl sites for hydroxylation is 1. The summed E-state index contributed by atoms with van der Waals surface area (Å²) in [4.78, 5) is 15.4. The Kier molecular flexibility index (Phi) is 4.71. The van der Waals surface area contributed by atoms with Crippen LogP contribution in [0.1, 0.15) is 23.6 Å². The Bertz CT molecular complexity index is 1290. The van der Waals surface area contributed by atoms with E-state index in [-0.39, 0.29) is 10.6 Å². The maximum Gasteiger partial charge on any atom is 0.269 e. The Morgan fingerprint density at radius 3 is 2.39 bits per heavy atom. The van der Waals surface area contributed by atoms with Gasteiger partial charge in [-0.05, 0) is 35.2 Å². The normalized spacial score (nSPS) is 13.2. The fourth-order valence-corrected chi connectivity index (χ4v) is 3.87. The Labute approximate surface area is 179 Å². The van der Waals surface area contributed by atoms with Gasteiger partial charge in [-0.2, -0.15) is 5.10 Å². The molecule has 5 rings (SSSR count). The molecule has 154 valence electrons. The highest BCUT2D eigenvalue weighted by Gasteiger charge is 2.24. The second-order valence-corrected chi connectivity index (χ2v) is 7.57. The second kappa shape index (κ2) is 7.68. The molecule has 0 saturated carbocycles. The summed E-state index contributed by atoms with van der Waals surface area (Å²) >= 11 is 0. The summed E-state index contributed by atoms with van der Waals surface area (Å²) in [5, 5.41) is 17.8. The molecule has 7 heteroatoms. The van der Waals surface area contributed by atoms with Crippen molar-refractivity contribution in [3.63, 3.8) is 0 Å². The molecule has 2 heterocycles. The molecule has 0 aliphatic carbocycles. The molecule has 0 radical (unpaired) electrons. The first-order chi connectivity index (χ1) is 15.1. The maximum atomic E-state index is 11.0. The first-order valence-corrected chi connectivity index (χ1v) is 10.3. The van der Waals surface area contributed by atoms with Gasteiger partial charge in [-0.25, -0.2) is 9.99 Å². The third kappa shape index (κ3) is 3.54. The van der Waals surface area contributed by atoms with Gasteiger partial charge in [0.2, 0.25) is 5.95 Å². The number of nitro groups is 1. The van der Waals surface area contributed by atoms with E-state index in [1.165, 1.54) is 17.7 Å². The average molecular weight is 411 g/mol. The molecule has 0 unspecified atom stereocenters. The number of nitrogens with zero attached hydrogens (tertiary/aromatic N) is 5. The second-order valence-electron chi connectivity index (χ2n) is 7.57. The van der Waals surface area contributed by atoms with E-state index in [1.54, 1.807) is 12.1 Å². The minimum atomic E-state index is -0.389. The molecule has 1 aliphatic rings. The van der Waals surface area contributed by atoms with E-state index in [1.807, 2.05) is 23.2 Å². The quantitative estimate of drug-likeness (QED) is 0.345. The molecule has 4 aromatic rings. The van der Waals surface area contributed by atoms with Gasteiger partial charge >= 0.3 is 0 Å². The molecular formula is C24H21N5O2. The first-order valence-electron chi connectivity index (χ1n) is 10.3. The number of imidazole rings is 1. The molecule has 0 fully saturated rings. The molecule has 3 aromatic carbocycles. The van der Waals surface area contributed by atoms with Crippen molar-refractivity contribution in [2.45, 2.75) is 26.4 Å². The van der Waals surface area contributed by atoms with Gasteiger partial charge in [0.05, 0.1) is 34.8 Å². The molecule has 0 atom stereocenters. The van der Waals surface area contributed by atoms with Gasteiger partial charge < -0.3 is 4.57 Å². The van der Waals surface area contributed by atoms with Crippen molar-refractivity contribution in [3.05, 3.63) is 99.6 Å². The van der Waals surface area contributed by atoms with Crippen molar-refractivity contribution < 1.29 is 4.92 Å². The molecule has 7 nitrogen and oxygen atoms in total. The van der Waals surface area contributed by atoms with Crippen LogP contribution < -0.4 is 5.01 Å². The number of anilines is 1. The fraction of sp³-hybridized carbons (Fsp3) is 0.167. The number of rotatable bonds is 5. The summed E-state index contributed by atoms with van der Waals surface area (Å²) in [7, 11) is 0. The number of hydrogen-bond donors (Lipinski definition) is 0. The molecule has 0 saturated heterocycles. The predicted molar refractivity (Wildman–Crippen MR) is 121 cm³/mol. The van der Waals surface area contributed by atoms with Gasteiger partial charge in [-0.15, -0.1) is 0 Å².